The quantitative estimate of drug-likeness (QED) is 0.236. The summed E-state index contributed by atoms with van der Waals surface area (Å²) in [5.41, 5.74) is 6.88. The lowest BCUT2D eigenvalue weighted by molar-refractivity contribution is -0.135. The number of primary amides is 1. The predicted molar refractivity (Wildman–Crippen MR) is 163 cm³/mol. The molecule has 0 unspecified atom stereocenters. The van der Waals surface area contributed by atoms with Gasteiger partial charge in [-0.2, -0.15) is 0 Å². The number of piperidine rings is 1. The van der Waals surface area contributed by atoms with E-state index in [0.717, 1.165) is 42.5 Å². The van der Waals surface area contributed by atoms with E-state index in [0.29, 0.717) is 52.1 Å². The van der Waals surface area contributed by atoms with E-state index in [4.69, 9.17) is 31.5 Å². The largest absolute Gasteiger partial charge is 0.493 e. The number of hydrogen-bond donors (Lipinski definition) is 2. The Bertz CT molecular complexity index is 1630. The monoisotopic (exact) mass is 606 g/mol. The molecule has 2 heterocycles. The molecule has 0 spiro atoms. The molecule has 5 rings (SSSR count). The Morgan fingerprint density at radius 1 is 1.05 bits per heavy atom. The minimum absolute atomic E-state index is 0.0808. The lowest BCUT2D eigenvalue weighted by Crippen LogP contribution is -2.41. The van der Waals surface area contributed by atoms with Crippen molar-refractivity contribution in [1.82, 2.24) is 10.3 Å². The minimum Gasteiger partial charge on any atom is -0.493 e. The van der Waals surface area contributed by atoms with Crippen LogP contribution < -0.4 is 30.2 Å². The van der Waals surface area contributed by atoms with Crippen molar-refractivity contribution in [3.63, 3.8) is 0 Å². The van der Waals surface area contributed by atoms with Crippen LogP contribution in [0.25, 0.3) is 10.9 Å². The standard InChI is InChI=1S/C32H32ClFN4O5/c1-41-29-17-24-26(18-30(29)42-19-21-7-11-36-12-8-21)37-13-9-27(24)43-28-6-5-23(16-25(28)34)38(32(40)31(35)39)14-10-20-3-2-4-22(33)15-20/h2-6,9,13,15-18,21,36H,7-8,10-12,14,19H2,1H3,(H2,35,39). The number of pyridine rings is 1. The Kier molecular flexibility index (Phi) is 9.58. The van der Waals surface area contributed by atoms with Crippen LogP contribution in [0.1, 0.15) is 18.4 Å². The Balaban J connectivity index is 1.36. The van der Waals surface area contributed by atoms with Gasteiger partial charge in [0.15, 0.2) is 23.1 Å². The molecule has 1 fully saturated rings. The number of halogens is 2. The first-order valence-corrected chi connectivity index (χ1v) is 14.3. The number of methoxy groups -OCH3 is 1. The van der Waals surface area contributed by atoms with Crippen LogP contribution in [0.15, 0.2) is 66.9 Å². The molecule has 224 valence electrons. The van der Waals surface area contributed by atoms with Crippen LogP contribution >= 0.6 is 11.6 Å². The number of nitrogens with one attached hydrogen (secondary N) is 1. The van der Waals surface area contributed by atoms with Crippen LogP contribution in [0, 0.1) is 11.7 Å². The van der Waals surface area contributed by atoms with E-state index in [1.807, 2.05) is 6.07 Å². The highest BCUT2D eigenvalue weighted by Crippen LogP contribution is 2.38. The van der Waals surface area contributed by atoms with Gasteiger partial charge in [-0.25, -0.2) is 4.39 Å². The summed E-state index contributed by atoms with van der Waals surface area (Å²) in [5.74, 6) is -1.03. The smallest absolute Gasteiger partial charge is 0.316 e. The van der Waals surface area contributed by atoms with Crippen LogP contribution in [0.5, 0.6) is 23.0 Å². The molecule has 1 aliphatic heterocycles. The molecule has 0 radical (unpaired) electrons. The van der Waals surface area contributed by atoms with E-state index in [2.05, 4.69) is 10.3 Å². The third-order valence-electron chi connectivity index (χ3n) is 7.34. The fraction of sp³-hybridized carbons (Fsp3) is 0.281. The number of nitrogens with zero attached hydrogens (tertiary/aromatic N) is 2. The van der Waals surface area contributed by atoms with E-state index in [-0.39, 0.29) is 18.0 Å². The number of rotatable bonds is 10. The summed E-state index contributed by atoms with van der Waals surface area (Å²) in [7, 11) is 1.55. The topological polar surface area (TPSA) is 116 Å². The SMILES string of the molecule is COc1cc2c(Oc3ccc(N(CCc4cccc(Cl)c4)C(=O)C(N)=O)cc3F)ccnc2cc1OCC1CCNCC1. The number of ether oxygens (including phenoxy) is 3. The van der Waals surface area contributed by atoms with Crippen molar-refractivity contribution in [2.45, 2.75) is 19.3 Å². The molecule has 0 bridgehead atoms. The van der Waals surface area contributed by atoms with Gasteiger partial charge in [-0.15, -0.1) is 0 Å². The van der Waals surface area contributed by atoms with Crippen molar-refractivity contribution in [1.29, 1.82) is 0 Å². The second-order valence-corrected chi connectivity index (χ2v) is 10.7. The molecule has 3 N–H and O–H groups in total. The second kappa shape index (κ2) is 13.7. The minimum atomic E-state index is -1.15. The summed E-state index contributed by atoms with van der Waals surface area (Å²) in [6.07, 6.45) is 4.03. The summed E-state index contributed by atoms with van der Waals surface area (Å²) < 4.78 is 33.1. The first-order valence-electron chi connectivity index (χ1n) is 14.0. The molecule has 1 aliphatic rings. The maximum absolute atomic E-state index is 15.4. The molecular formula is C32H32ClFN4O5. The number of aromatic nitrogens is 1. The van der Waals surface area contributed by atoms with Crippen LogP contribution in [0.2, 0.25) is 5.02 Å². The zero-order valence-corrected chi connectivity index (χ0v) is 24.4. The Morgan fingerprint density at radius 2 is 1.86 bits per heavy atom. The third-order valence-corrected chi connectivity index (χ3v) is 7.57. The number of benzene rings is 3. The van der Waals surface area contributed by atoms with Crippen LogP contribution in [0.4, 0.5) is 10.1 Å². The number of fused-ring (bicyclic) bond motifs is 1. The van der Waals surface area contributed by atoms with Crippen molar-refractivity contribution in [3.05, 3.63) is 83.3 Å². The second-order valence-electron chi connectivity index (χ2n) is 10.3. The predicted octanol–water partition coefficient (Wildman–Crippen LogP) is 5.27. The van der Waals surface area contributed by atoms with Gasteiger partial charge in [-0.3, -0.25) is 14.6 Å². The van der Waals surface area contributed by atoms with Crippen LogP contribution in [-0.2, 0) is 16.0 Å². The highest BCUT2D eigenvalue weighted by Gasteiger charge is 2.23. The molecule has 2 amide bonds. The summed E-state index contributed by atoms with van der Waals surface area (Å²) in [5, 5.41) is 4.49. The lowest BCUT2D eigenvalue weighted by Gasteiger charge is -2.23. The summed E-state index contributed by atoms with van der Waals surface area (Å²) in [4.78, 5) is 30.0. The Hall–Kier alpha value is -4.41. The molecule has 1 aromatic heterocycles. The van der Waals surface area contributed by atoms with Gasteiger partial charge in [0.2, 0.25) is 0 Å². The van der Waals surface area contributed by atoms with E-state index in [9.17, 15) is 9.59 Å². The molecule has 1 saturated heterocycles. The number of carbonyl (C=O) groups excluding carboxylic acids is 2. The van der Waals surface area contributed by atoms with Gasteiger partial charge in [0.1, 0.15) is 5.75 Å². The van der Waals surface area contributed by atoms with Gasteiger partial charge in [0.05, 0.1) is 19.2 Å². The molecule has 0 atom stereocenters. The van der Waals surface area contributed by atoms with E-state index >= 15 is 4.39 Å². The van der Waals surface area contributed by atoms with Gasteiger partial charge in [-0.1, -0.05) is 23.7 Å². The molecule has 0 aliphatic carbocycles. The third kappa shape index (κ3) is 7.33. The number of carbonyl (C=O) groups is 2. The Morgan fingerprint density at radius 3 is 2.58 bits per heavy atom. The molecule has 43 heavy (non-hydrogen) atoms. The van der Waals surface area contributed by atoms with Crippen LogP contribution in [-0.4, -0.2) is 50.1 Å². The van der Waals surface area contributed by atoms with Gasteiger partial charge >= 0.3 is 11.8 Å². The molecular weight excluding hydrogens is 575 g/mol. The van der Waals surface area contributed by atoms with Crippen molar-refractivity contribution in [2.24, 2.45) is 11.7 Å². The van der Waals surface area contributed by atoms with Crippen molar-refractivity contribution in [2.75, 3.05) is 38.3 Å². The average molecular weight is 607 g/mol. The van der Waals surface area contributed by atoms with Crippen molar-refractivity contribution in [3.8, 4) is 23.0 Å². The van der Waals surface area contributed by atoms with Crippen molar-refractivity contribution >= 4 is 40.0 Å². The molecule has 9 nitrogen and oxygen atoms in total. The number of anilines is 1. The van der Waals surface area contributed by atoms with Gasteiger partial charge in [0.25, 0.3) is 0 Å². The number of hydrogen-bond acceptors (Lipinski definition) is 7. The summed E-state index contributed by atoms with van der Waals surface area (Å²) in [6, 6.07) is 16.3. The first-order chi connectivity index (χ1) is 20.8. The fourth-order valence-electron chi connectivity index (χ4n) is 5.02. The highest BCUT2D eigenvalue weighted by atomic mass is 35.5. The lowest BCUT2D eigenvalue weighted by atomic mass is 9.99. The maximum Gasteiger partial charge on any atom is 0.316 e. The maximum atomic E-state index is 15.4. The Labute approximate surface area is 253 Å². The van der Waals surface area contributed by atoms with Gasteiger partial charge in [0, 0.05) is 41.0 Å². The normalized spacial score (nSPS) is 13.5. The summed E-state index contributed by atoms with van der Waals surface area (Å²) in [6.45, 7) is 2.61. The summed E-state index contributed by atoms with van der Waals surface area (Å²) >= 11 is 6.06. The fourth-order valence-corrected chi connectivity index (χ4v) is 5.23. The molecule has 0 saturated carbocycles. The van der Waals surface area contributed by atoms with Gasteiger partial charge < -0.3 is 30.2 Å². The van der Waals surface area contributed by atoms with Gasteiger partial charge in [-0.05, 0) is 80.2 Å². The highest BCUT2D eigenvalue weighted by molar-refractivity contribution is 6.39. The first kappa shape index (κ1) is 30.1. The number of amides is 2. The molecule has 11 heteroatoms. The van der Waals surface area contributed by atoms with Crippen LogP contribution in [0.3, 0.4) is 0 Å². The van der Waals surface area contributed by atoms with E-state index < -0.39 is 17.6 Å². The average Bonchev–Trinajstić information content (AvgIpc) is 3.01. The van der Waals surface area contributed by atoms with E-state index in [1.54, 1.807) is 49.7 Å². The van der Waals surface area contributed by atoms with E-state index in [1.165, 1.54) is 12.1 Å². The molecule has 4 aromatic rings. The zero-order chi connectivity index (χ0) is 30.3. The zero-order valence-electron chi connectivity index (χ0n) is 23.6. The molecule has 3 aromatic carbocycles. The number of nitrogens with two attached hydrogens (primary N) is 1. The van der Waals surface area contributed by atoms with Crippen molar-refractivity contribution < 1.29 is 28.2 Å².